The molecule has 0 atom stereocenters. The Kier molecular flexibility index (Phi) is 6.00. The van der Waals surface area contributed by atoms with Gasteiger partial charge in [0, 0.05) is 12.6 Å². The normalized spacial score (nSPS) is 12.0. The Morgan fingerprint density at radius 2 is 1.61 bits per heavy atom. The van der Waals surface area contributed by atoms with Gasteiger partial charge in [-0.05, 0) is 29.8 Å². The summed E-state index contributed by atoms with van der Waals surface area (Å²) in [5.41, 5.74) is -3.47. The fourth-order valence-electron chi connectivity index (χ4n) is 2.16. The predicted octanol–water partition coefficient (Wildman–Crippen LogP) is 4.46. The van der Waals surface area contributed by atoms with Crippen LogP contribution in [0.3, 0.4) is 0 Å². The van der Waals surface area contributed by atoms with Crippen molar-refractivity contribution in [2.75, 3.05) is 6.61 Å². The Labute approximate surface area is 152 Å². The molecular weight excluding hydrogens is 403 g/mol. The number of benzene rings is 1. The molecule has 28 heavy (non-hydrogen) atoms. The van der Waals surface area contributed by atoms with Gasteiger partial charge in [-0.15, -0.1) is 13.2 Å². The molecule has 0 unspecified atom stereocenters. The molecule has 2 rings (SSSR count). The highest BCUT2D eigenvalue weighted by Crippen LogP contribution is 2.32. The molecule has 1 N–H and O–H groups in total. The number of ether oxygens (including phenoxy) is 2. The van der Waals surface area contributed by atoms with Gasteiger partial charge in [0.25, 0.3) is 0 Å². The standard InChI is InChI=1S/C16H10F7NO4/c17-12-11(14(25)26)8(7-24-13(12)15(18,19)20)5-6-27-9-1-3-10(4-2-9)28-16(21,22)23/h1-4,7H,5-6H2,(H,25,26). The second kappa shape index (κ2) is 7.90. The maximum atomic E-state index is 13.9. The van der Waals surface area contributed by atoms with E-state index in [1.165, 1.54) is 0 Å². The van der Waals surface area contributed by atoms with Crippen molar-refractivity contribution in [1.29, 1.82) is 0 Å². The number of carboxylic acid groups (broad SMARTS) is 1. The van der Waals surface area contributed by atoms with Crippen LogP contribution in [0.5, 0.6) is 11.5 Å². The average molecular weight is 413 g/mol. The Balaban J connectivity index is 2.09. The van der Waals surface area contributed by atoms with E-state index in [9.17, 15) is 35.5 Å². The van der Waals surface area contributed by atoms with E-state index < -0.39 is 41.3 Å². The number of halogens is 7. The summed E-state index contributed by atoms with van der Waals surface area (Å²) < 4.78 is 96.8. The molecule has 1 aromatic carbocycles. The minimum absolute atomic E-state index is 0.0757. The zero-order chi connectivity index (χ0) is 21.1. The number of nitrogens with zero attached hydrogens (tertiary/aromatic N) is 1. The molecule has 2 aromatic rings. The molecule has 12 heteroatoms. The average Bonchev–Trinajstić information content (AvgIpc) is 2.53. The Bertz CT molecular complexity index is 848. The van der Waals surface area contributed by atoms with Crippen molar-refractivity contribution in [3.8, 4) is 11.5 Å². The number of carbonyl (C=O) groups is 1. The van der Waals surface area contributed by atoms with Crippen LogP contribution in [-0.4, -0.2) is 29.0 Å². The molecule has 0 saturated heterocycles. The lowest BCUT2D eigenvalue weighted by Crippen LogP contribution is -2.18. The Hall–Kier alpha value is -3.05. The van der Waals surface area contributed by atoms with E-state index in [1.807, 2.05) is 0 Å². The van der Waals surface area contributed by atoms with Crippen molar-refractivity contribution >= 4 is 5.97 Å². The van der Waals surface area contributed by atoms with E-state index in [4.69, 9.17) is 9.84 Å². The van der Waals surface area contributed by atoms with Crippen LogP contribution in [-0.2, 0) is 12.6 Å². The van der Waals surface area contributed by atoms with E-state index in [2.05, 4.69) is 9.72 Å². The molecule has 0 fully saturated rings. The quantitative estimate of drug-likeness (QED) is 0.709. The summed E-state index contributed by atoms with van der Waals surface area (Å²) in [6, 6.07) is 4.19. The molecule has 0 radical (unpaired) electrons. The van der Waals surface area contributed by atoms with E-state index in [0.29, 0.717) is 6.20 Å². The van der Waals surface area contributed by atoms with Gasteiger partial charge < -0.3 is 14.6 Å². The number of carboxylic acids is 1. The zero-order valence-electron chi connectivity index (χ0n) is 13.6. The summed E-state index contributed by atoms with van der Waals surface area (Å²) in [5.74, 6) is -4.34. The summed E-state index contributed by atoms with van der Waals surface area (Å²) >= 11 is 0. The van der Waals surface area contributed by atoms with Gasteiger partial charge in [0.05, 0.1) is 6.61 Å². The first-order valence-electron chi connectivity index (χ1n) is 7.35. The third kappa shape index (κ3) is 5.47. The van der Waals surface area contributed by atoms with Gasteiger partial charge in [0.15, 0.2) is 11.5 Å². The van der Waals surface area contributed by atoms with Crippen LogP contribution < -0.4 is 9.47 Å². The number of aromatic nitrogens is 1. The number of hydrogen-bond acceptors (Lipinski definition) is 4. The molecule has 1 heterocycles. The molecule has 1 aromatic heterocycles. The minimum atomic E-state index is -5.16. The second-order valence-electron chi connectivity index (χ2n) is 5.24. The number of rotatable bonds is 6. The first-order chi connectivity index (χ1) is 12.9. The summed E-state index contributed by atoms with van der Waals surface area (Å²) in [6.07, 6.45) is -9.76. The van der Waals surface area contributed by atoms with E-state index in [1.54, 1.807) is 0 Å². The summed E-state index contributed by atoms with van der Waals surface area (Å²) in [4.78, 5) is 14.0. The van der Waals surface area contributed by atoms with Crippen LogP contribution in [0.15, 0.2) is 30.5 Å². The SMILES string of the molecule is O=C(O)c1c(CCOc2ccc(OC(F)(F)F)cc2)cnc(C(F)(F)F)c1F. The molecule has 5 nitrogen and oxygen atoms in total. The van der Waals surface area contributed by atoms with Crippen LogP contribution in [0, 0.1) is 5.82 Å². The number of alkyl halides is 6. The first kappa shape index (κ1) is 21.3. The maximum Gasteiger partial charge on any atom is 0.573 e. The van der Waals surface area contributed by atoms with Crippen molar-refractivity contribution in [2.45, 2.75) is 19.0 Å². The lowest BCUT2D eigenvalue weighted by atomic mass is 10.1. The predicted molar refractivity (Wildman–Crippen MR) is 78.5 cm³/mol. The molecule has 0 amide bonds. The van der Waals surface area contributed by atoms with E-state index >= 15 is 0 Å². The third-order valence-corrected chi connectivity index (χ3v) is 3.28. The monoisotopic (exact) mass is 413 g/mol. The van der Waals surface area contributed by atoms with Crippen LogP contribution in [0.25, 0.3) is 0 Å². The smallest absolute Gasteiger partial charge is 0.493 e. The number of pyridine rings is 1. The molecule has 0 aliphatic carbocycles. The summed E-state index contributed by atoms with van der Waals surface area (Å²) in [6.45, 7) is -0.299. The van der Waals surface area contributed by atoms with Crippen LogP contribution in [0.1, 0.15) is 21.6 Å². The van der Waals surface area contributed by atoms with E-state index in [0.717, 1.165) is 24.3 Å². The maximum absolute atomic E-state index is 13.9. The fraction of sp³-hybridized carbons (Fsp3) is 0.250. The van der Waals surface area contributed by atoms with Crippen LogP contribution in [0.2, 0.25) is 0 Å². The minimum Gasteiger partial charge on any atom is -0.493 e. The van der Waals surface area contributed by atoms with Gasteiger partial charge >= 0.3 is 18.5 Å². The van der Waals surface area contributed by atoms with Crippen LogP contribution in [0.4, 0.5) is 30.7 Å². The van der Waals surface area contributed by atoms with Crippen molar-refractivity contribution in [3.05, 3.63) is 53.1 Å². The van der Waals surface area contributed by atoms with Gasteiger partial charge in [-0.25, -0.2) is 14.2 Å². The highest BCUT2D eigenvalue weighted by Gasteiger charge is 2.38. The van der Waals surface area contributed by atoms with Gasteiger partial charge in [0.1, 0.15) is 17.1 Å². The second-order valence-corrected chi connectivity index (χ2v) is 5.24. The van der Waals surface area contributed by atoms with Gasteiger partial charge in [-0.2, -0.15) is 13.2 Å². The summed E-state index contributed by atoms with van der Waals surface area (Å²) in [5, 5.41) is 8.99. The molecule has 0 aliphatic heterocycles. The van der Waals surface area contributed by atoms with E-state index in [-0.39, 0.29) is 24.3 Å². The van der Waals surface area contributed by atoms with Gasteiger partial charge in [-0.1, -0.05) is 0 Å². The van der Waals surface area contributed by atoms with Crippen molar-refractivity contribution < 1.29 is 50.1 Å². The Morgan fingerprint density at radius 1 is 1.04 bits per heavy atom. The molecule has 0 aliphatic rings. The molecule has 0 bridgehead atoms. The molecule has 0 saturated carbocycles. The topological polar surface area (TPSA) is 68.7 Å². The molecule has 152 valence electrons. The van der Waals surface area contributed by atoms with Crippen LogP contribution >= 0.6 is 0 Å². The molecule has 0 spiro atoms. The zero-order valence-corrected chi connectivity index (χ0v) is 13.6. The fourth-order valence-corrected chi connectivity index (χ4v) is 2.16. The third-order valence-electron chi connectivity index (χ3n) is 3.28. The Morgan fingerprint density at radius 3 is 2.11 bits per heavy atom. The number of aromatic carboxylic acids is 1. The highest BCUT2D eigenvalue weighted by atomic mass is 19.4. The summed E-state index contributed by atoms with van der Waals surface area (Å²) in [7, 11) is 0. The van der Waals surface area contributed by atoms with Gasteiger partial charge in [0.2, 0.25) is 0 Å². The molecular formula is C16H10F7NO4. The highest BCUT2D eigenvalue weighted by molar-refractivity contribution is 5.89. The number of hydrogen-bond donors (Lipinski definition) is 1. The van der Waals surface area contributed by atoms with Crippen molar-refractivity contribution in [2.24, 2.45) is 0 Å². The lowest BCUT2D eigenvalue weighted by molar-refractivity contribution is -0.274. The van der Waals surface area contributed by atoms with Crippen molar-refractivity contribution in [3.63, 3.8) is 0 Å². The lowest BCUT2D eigenvalue weighted by Gasteiger charge is -2.13. The van der Waals surface area contributed by atoms with Crippen molar-refractivity contribution in [1.82, 2.24) is 4.98 Å². The largest absolute Gasteiger partial charge is 0.573 e. The van der Waals surface area contributed by atoms with Gasteiger partial charge in [-0.3, -0.25) is 0 Å². The first-order valence-corrected chi connectivity index (χ1v) is 7.35.